The summed E-state index contributed by atoms with van der Waals surface area (Å²) < 4.78 is 0. The van der Waals surface area contributed by atoms with Gasteiger partial charge in [-0.05, 0) is 25.7 Å². The van der Waals surface area contributed by atoms with Gasteiger partial charge in [-0.25, -0.2) is 9.78 Å². The van der Waals surface area contributed by atoms with E-state index in [-0.39, 0.29) is 11.8 Å². The highest BCUT2D eigenvalue weighted by molar-refractivity contribution is 5.90. The number of carboxylic acid groups (broad SMARTS) is 1. The number of rotatable bonds is 4. The van der Waals surface area contributed by atoms with Crippen LogP contribution >= 0.6 is 0 Å². The van der Waals surface area contributed by atoms with Gasteiger partial charge in [-0.2, -0.15) is 0 Å². The number of nitrogens with zero attached hydrogens (tertiary/aromatic N) is 1. The number of fused-ring (bicyclic) bond motifs is 1. The number of carbonyl (C=O) groups excluding carboxylic acids is 1. The SMILES string of the molecule is CC(NC(=O)C1Cc2nc[nH]c2CN1)(C(=O)O)C1CC1. The van der Waals surface area contributed by atoms with Crippen LogP contribution in [0.2, 0.25) is 0 Å². The molecule has 1 aliphatic heterocycles. The van der Waals surface area contributed by atoms with Crippen molar-refractivity contribution in [2.45, 2.75) is 44.3 Å². The number of carboxylic acids is 1. The summed E-state index contributed by atoms with van der Waals surface area (Å²) in [5.41, 5.74) is 0.689. The number of aromatic amines is 1. The molecule has 2 unspecified atom stereocenters. The second-order valence-corrected chi connectivity index (χ2v) is 5.74. The maximum atomic E-state index is 12.3. The highest BCUT2D eigenvalue weighted by Gasteiger charge is 2.49. The van der Waals surface area contributed by atoms with Crippen LogP contribution in [0, 0.1) is 5.92 Å². The van der Waals surface area contributed by atoms with E-state index in [2.05, 4.69) is 20.6 Å². The Morgan fingerprint density at radius 1 is 1.50 bits per heavy atom. The number of carbonyl (C=O) groups is 2. The summed E-state index contributed by atoms with van der Waals surface area (Å²) in [6.07, 6.45) is 3.79. The van der Waals surface area contributed by atoms with E-state index < -0.39 is 17.6 Å². The molecule has 1 amide bonds. The molecular weight excluding hydrogens is 260 g/mol. The minimum atomic E-state index is -1.16. The van der Waals surface area contributed by atoms with Gasteiger partial charge in [0.1, 0.15) is 5.54 Å². The van der Waals surface area contributed by atoms with Gasteiger partial charge in [0.25, 0.3) is 0 Å². The fraction of sp³-hybridized carbons (Fsp3) is 0.615. The molecule has 3 rings (SSSR count). The first kappa shape index (κ1) is 13.1. The summed E-state index contributed by atoms with van der Waals surface area (Å²) in [4.78, 5) is 30.9. The third-order valence-corrected chi connectivity index (χ3v) is 4.27. The number of hydrogen-bond acceptors (Lipinski definition) is 4. The summed E-state index contributed by atoms with van der Waals surface area (Å²) >= 11 is 0. The molecule has 1 saturated carbocycles. The molecule has 4 N–H and O–H groups in total. The summed E-state index contributed by atoms with van der Waals surface area (Å²) in [5, 5.41) is 15.2. The largest absolute Gasteiger partial charge is 0.480 e. The van der Waals surface area contributed by atoms with E-state index in [1.807, 2.05) is 0 Å². The summed E-state index contributed by atoms with van der Waals surface area (Å²) in [5.74, 6) is -1.20. The topological polar surface area (TPSA) is 107 Å². The normalized spacial score (nSPS) is 24.6. The van der Waals surface area contributed by atoms with Gasteiger partial charge < -0.3 is 15.4 Å². The second kappa shape index (κ2) is 4.59. The standard InChI is InChI=1S/C13H18N4O3/c1-13(12(19)20,7-2-3-7)17-11(18)9-4-8-10(5-14-9)16-6-15-8/h6-7,9,14H,2-5H2,1H3,(H,15,16)(H,17,18)(H,19,20). The zero-order valence-corrected chi connectivity index (χ0v) is 11.3. The van der Waals surface area contributed by atoms with Gasteiger partial charge in [-0.15, -0.1) is 0 Å². The average molecular weight is 278 g/mol. The van der Waals surface area contributed by atoms with Gasteiger partial charge in [0, 0.05) is 13.0 Å². The van der Waals surface area contributed by atoms with Crippen LogP contribution in [-0.4, -0.2) is 38.5 Å². The van der Waals surface area contributed by atoms with E-state index in [0.29, 0.717) is 13.0 Å². The van der Waals surface area contributed by atoms with Gasteiger partial charge in [0.2, 0.25) is 5.91 Å². The van der Waals surface area contributed by atoms with Crippen LogP contribution in [0.4, 0.5) is 0 Å². The maximum absolute atomic E-state index is 12.3. The van der Waals surface area contributed by atoms with Crippen LogP contribution in [0.1, 0.15) is 31.2 Å². The minimum Gasteiger partial charge on any atom is -0.480 e. The Balaban J connectivity index is 1.69. The molecule has 20 heavy (non-hydrogen) atoms. The third-order valence-electron chi connectivity index (χ3n) is 4.27. The minimum absolute atomic E-state index is 0.0356. The Morgan fingerprint density at radius 2 is 2.25 bits per heavy atom. The van der Waals surface area contributed by atoms with Crippen molar-refractivity contribution in [3.8, 4) is 0 Å². The Labute approximate surface area is 116 Å². The first-order chi connectivity index (χ1) is 9.50. The molecule has 2 heterocycles. The molecule has 1 aromatic rings. The highest BCUT2D eigenvalue weighted by atomic mass is 16.4. The molecule has 2 atom stereocenters. The predicted octanol–water partition coefficient (Wildman–Crippen LogP) is -0.207. The third kappa shape index (κ3) is 2.18. The smallest absolute Gasteiger partial charge is 0.329 e. The first-order valence-electron chi connectivity index (χ1n) is 6.80. The number of aliphatic carboxylic acids is 1. The van der Waals surface area contributed by atoms with Crippen molar-refractivity contribution < 1.29 is 14.7 Å². The van der Waals surface area contributed by atoms with E-state index in [1.165, 1.54) is 0 Å². The molecule has 1 aromatic heterocycles. The van der Waals surface area contributed by atoms with Crippen molar-refractivity contribution in [3.05, 3.63) is 17.7 Å². The van der Waals surface area contributed by atoms with Crippen molar-refractivity contribution >= 4 is 11.9 Å². The number of H-pyrrole nitrogens is 1. The van der Waals surface area contributed by atoms with Gasteiger partial charge >= 0.3 is 5.97 Å². The van der Waals surface area contributed by atoms with E-state index in [4.69, 9.17) is 0 Å². The second-order valence-electron chi connectivity index (χ2n) is 5.74. The van der Waals surface area contributed by atoms with E-state index in [0.717, 1.165) is 24.2 Å². The molecule has 0 radical (unpaired) electrons. The van der Waals surface area contributed by atoms with Gasteiger partial charge in [0.15, 0.2) is 0 Å². The maximum Gasteiger partial charge on any atom is 0.329 e. The Bertz CT molecular complexity index is 552. The number of nitrogens with one attached hydrogen (secondary N) is 3. The molecule has 108 valence electrons. The fourth-order valence-electron chi connectivity index (χ4n) is 2.69. The fourth-order valence-corrected chi connectivity index (χ4v) is 2.69. The summed E-state index contributed by atoms with van der Waals surface area (Å²) in [6, 6.07) is -0.428. The van der Waals surface area contributed by atoms with E-state index >= 15 is 0 Å². The van der Waals surface area contributed by atoms with E-state index in [1.54, 1.807) is 13.3 Å². The molecule has 1 fully saturated rings. The van der Waals surface area contributed by atoms with Crippen LogP contribution in [0.15, 0.2) is 6.33 Å². The predicted molar refractivity (Wildman–Crippen MR) is 69.8 cm³/mol. The molecule has 7 heteroatoms. The lowest BCUT2D eigenvalue weighted by molar-refractivity contribution is -0.148. The molecule has 0 aromatic carbocycles. The molecular formula is C13H18N4O3. The number of amides is 1. The Kier molecular flexibility index (Phi) is 3.01. The van der Waals surface area contributed by atoms with Crippen LogP contribution in [0.3, 0.4) is 0 Å². The Hall–Kier alpha value is -1.89. The highest BCUT2D eigenvalue weighted by Crippen LogP contribution is 2.39. The summed E-state index contributed by atoms with van der Waals surface area (Å²) in [7, 11) is 0. The van der Waals surface area contributed by atoms with Crippen molar-refractivity contribution in [2.75, 3.05) is 0 Å². The van der Waals surface area contributed by atoms with Crippen LogP contribution in [0.25, 0.3) is 0 Å². The Morgan fingerprint density at radius 3 is 2.90 bits per heavy atom. The molecule has 7 nitrogen and oxygen atoms in total. The van der Waals surface area contributed by atoms with Crippen molar-refractivity contribution in [1.29, 1.82) is 0 Å². The first-order valence-corrected chi connectivity index (χ1v) is 6.80. The van der Waals surface area contributed by atoms with Crippen LogP contribution < -0.4 is 10.6 Å². The van der Waals surface area contributed by atoms with Crippen molar-refractivity contribution in [2.24, 2.45) is 5.92 Å². The van der Waals surface area contributed by atoms with Gasteiger partial charge in [0.05, 0.1) is 23.8 Å². The molecule has 0 spiro atoms. The number of aromatic nitrogens is 2. The molecule has 1 aliphatic carbocycles. The van der Waals surface area contributed by atoms with E-state index in [9.17, 15) is 14.7 Å². The average Bonchev–Trinajstić information content (AvgIpc) is 3.16. The monoisotopic (exact) mass is 278 g/mol. The van der Waals surface area contributed by atoms with Gasteiger partial charge in [-0.1, -0.05) is 0 Å². The molecule has 0 bridgehead atoms. The van der Waals surface area contributed by atoms with Crippen LogP contribution in [0.5, 0.6) is 0 Å². The van der Waals surface area contributed by atoms with Crippen LogP contribution in [-0.2, 0) is 22.6 Å². The zero-order valence-electron chi connectivity index (χ0n) is 11.3. The molecule has 0 saturated heterocycles. The zero-order chi connectivity index (χ0) is 14.3. The molecule has 2 aliphatic rings. The van der Waals surface area contributed by atoms with Crippen molar-refractivity contribution in [3.63, 3.8) is 0 Å². The lowest BCUT2D eigenvalue weighted by Gasteiger charge is -2.30. The quantitative estimate of drug-likeness (QED) is 0.610. The van der Waals surface area contributed by atoms with Crippen molar-refractivity contribution in [1.82, 2.24) is 20.6 Å². The lowest BCUT2D eigenvalue weighted by Crippen LogP contribution is -2.59. The number of imidazole rings is 1. The summed E-state index contributed by atoms with van der Waals surface area (Å²) in [6.45, 7) is 2.13. The lowest BCUT2D eigenvalue weighted by atomic mass is 9.94. The van der Waals surface area contributed by atoms with Gasteiger partial charge in [-0.3, -0.25) is 10.1 Å². The number of hydrogen-bond donors (Lipinski definition) is 4.